The van der Waals surface area contributed by atoms with Crippen molar-refractivity contribution in [3.63, 3.8) is 0 Å². The highest BCUT2D eigenvalue weighted by Crippen LogP contribution is 2.29. The van der Waals surface area contributed by atoms with Gasteiger partial charge in [-0.1, -0.05) is 0 Å². The number of nitrogens with one attached hydrogen (secondary N) is 1. The van der Waals surface area contributed by atoms with Gasteiger partial charge >= 0.3 is 0 Å². The summed E-state index contributed by atoms with van der Waals surface area (Å²) in [7, 11) is 0. The molecule has 0 aliphatic heterocycles. The third kappa shape index (κ3) is 3.38. The highest BCUT2D eigenvalue weighted by Gasteiger charge is 2.05. The maximum absolute atomic E-state index is 9.64. The molecule has 2 aromatic rings. The Labute approximate surface area is 113 Å². The summed E-state index contributed by atoms with van der Waals surface area (Å²) < 4.78 is 0. The molecule has 0 saturated heterocycles. The first-order chi connectivity index (χ1) is 7.18. The number of phenolic OH excluding ortho intramolecular Hbond substituents is 1. The number of aromatic nitrogens is 1. The van der Waals surface area contributed by atoms with Crippen molar-refractivity contribution in [3.8, 4) is 5.75 Å². The number of fused-ring (bicyclic) bond motifs is 1. The molecule has 2 N–H and O–H groups in total. The minimum atomic E-state index is 0. The molecular formula is C12H16Cl2N2O. The summed E-state index contributed by atoms with van der Waals surface area (Å²) in [4.78, 5) is 4.16. The first-order valence-electron chi connectivity index (χ1n) is 5.01. The molecule has 17 heavy (non-hydrogen) atoms. The van der Waals surface area contributed by atoms with E-state index >= 15 is 0 Å². The summed E-state index contributed by atoms with van der Waals surface area (Å²) in [5.41, 5.74) is 1.65. The molecule has 0 bridgehead atoms. The minimum absolute atomic E-state index is 0. The van der Waals surface area contributed by atoms with Gasteiger partial charge in [0.25, 0.3) is 0 Å². The average molecular weight is 275 g/mol. The Morgan fingerprint density at radius 2 is 1.88 bits per heavy atom. The summed E-state index contributed by atoms with van der Waals surface area (Å²) in [6.45, 7) is 4.16. The monoisotopic (exact) mass is 274 g/mol. The van der Waals surface area contributed by atoms with E-state index in [1.54, 1.807) is 12.3 Å². The predicted molar refractivity (Wildman–Crippen MR) is 76.7 cm³/mol. The lowest BCUT2D eigenvalue weighted by Gasteiger charge is -2.12. The van der Waals surface area contributed by atoms with Crippen molar-refractivity contribution in [2.45, 2.75) is 19.9 Å². The van der Waals surface area contributed by atoms with Gasteiger partial charge in [0, 0.05) is 23.3 Å². The zero-order chi connectivity index (χ0) is 10.8. The standard InChI is InChI=1S/C12H14N2O.2ClH/c1-8(2)14-10-5-6-11(15)12-9(10)4-3-7-13-12;;/h3-8,14-15H,1-2H3;2*1H. The van der Waals surface area contributed by atoms with Crippen molar-refractivity contribution >= 4 is 41.4 Å². The zero-order valence-corrected chi connectivity index (χ0v) is 11.3. The number of benzene rings is 1. The number of halogens is 2. The van der Waals surface area contributed by atoms with Gasteiger partial charge in [-0.05, 0) is 38.1 Å². The predicted octanol–water partition coefficient (Wildman–Crippen LogP) is 3.60. The topological polar surface area (TPSA) is 45.1 Å². The smallest absolute Gasteiger partial charge is 0.141 e. The largest absolute Gasteiger partial charge is 0.506 e. The van der Waals surface area contributed by atoms with E-state index in [9.17, 15) is 5.11 Å². The number of phenols is 1. The second kappa shape index (κ2) is 6.52. The molecule has 2 rings (SSSR count). The van der Waals surface area contributed by atoms with Crippen LogP contribution in [0.4, 0.5) is 5.69 Å². The van der Waals surface area contributed by atoms with E-state index in [0.717, 1.165) is 11.1 Å². The number of pyridine rings is 1. The first kappa shape index (κ1) is 15.8. The average Bonchev–Trinajstić information content (AvgIpc) is 2.22. The summed E-state index contributed by atoms with van der Waals surface area (Å²) in [6.07, 6.45) is 1.68. The third-order valence-electron chi connectivity index (χ3n) is 2.19. The molecule has 1 aromatic carbocycles. The lowest BCUT2D eigenvalue weighted by Crippen LogP contribution is -2.09. The van der Waals surface area contributed by atoms with E-state index in [2.05, 4.69) is 24.1 Å². The number of rotatable bonds is 2. The summed E-state index contributed by atoms with van der Waals surface area (Å²) in [5.74, 6) is 0.222. The van der Waals surface area contributed by atoms with Gasteiger partial charge < -0.3 is 10.4 Å². The fourth-order valence-electron chi connectivity index (χ4n) is 1.59. The number of aromatic hydroxyl groups is 1. The molecule has 94 valence electrons. The summed E-state index contributed by atoms with van der Waals surface area (Å²) >= 11 is 0. The quantitative estimate of drug-likeness (QED) is 0.823. The van der Waals surface area contributed by atoms with Gasteiger partial charge in [-0.25, -0.2) is 0 Å². The van der Waals surface area contributed by atoms with Gasteiger partial charge in [0.15, 0.2) is 0 Å². The Kier molecular flexibility index (Phi) is 6.07. The van der Waals surface area contributed by atoms with Crippen molar-refractivity contribution in [2.75, 3.05) is 5.32 Å². The van der Waals surface area contributed by atoms with E-state index in [1.807, 2.05) is 18.2 Å². The van der Waals surface area contributed by atoms with Crippen LogP contribution < -0.4 is 5.32 Å². The highest BCUT2D eigenvalue weighted by atomic mass is 35.5. The number of anilines is 1. The molecule has 0 aliphatic rings. The third-order valence-corrected chi connectivity index (χ3v) is 2.19. The fourth-order valence-corrected chi connectivity index (χ4v) is 1.59. The van der Waals surface area contributed by atoms with Crippen LogP contribution in [0.25, 0.3) is 10.9 Å². The Morgan fingerprint density at radius 1 is 1.18 bits per heavy atom. The van der Waals surface area contributed by atoms with Crippen LogP contribution in [-0.2, 0) is 0 Å². The SMILES string of the molecule is CC(C)Nc1ccc(O)c2ncccc12.Cl.Cl. The van der Waals surface area contributed by atoms with Crippen LogP contribution in [-0.4, -0.2) is 16.1 Å². The molecule has 0 aliphatic carbocycles. The van der Waals surface area contributed by atoms with Crippen LogP contribution in [0.3, 0.4) is 0 Å². The van der Waals surface area contributed by atoms with E-state index in [0.29, 0.717) is 11.6 Å². The molecule has 0 atom stereocenters. The number of hydrogen-bond donors (Lipinski definition) is 2. The Hall–Kier alpha value is -1.19. The van der Waals surface area contributed by atoms with Crippen molar-refractivity contribution in [1.29, 1.82) is 0 Å². The van der Waals surface area contributed by atoms with E-state index in [4.69, 9.17) is 0 Å². The highest BCUT2D eigenvalue weighted by molar-refractivity contribution is 5.95. The summed E-state index contributed by atoms with van der Waals surface area (Å²) in [6, 6.07) is 7.72. The van der Waals surface area contributed by atoms with Crippen molar-refractivity contribution in [2.24, 2.45) is 0 Å². The first-order valence-corrected chi connectivity index (χ1v) is 5.01. The fraction of sp³-hybridized carbons (Fsp3) is 0.250. The van der Waals surface area contributed by atoms with Crippen LogP contribution in [0, 0.1) is 0 Å². The lowest BCUT2D eigenvalue weighted by molar-refractivity contribution is 0.480. The van der Waals surface area contributed by atoms with Crippen molar-refractivity contribution in [3.05, 3.63) is 30.5 Å². The van der Waals surface area contributed by atoms with Crippen LogP contribution in [0.1, 0.15) is 13.8 Å². The maximum atomic E-state index is 9.64. The van der Waals surface area contributed by atoms with Gasteiger partial charge in [0.05, 0.1) is 0 Å². The Balaban J connectivity index is 0.00000128. The molecule has 0 fully saturated rings. The molecule has 0 unspecified atom stereocenters. The van der Waals surface area contributed by atoms with E-state index in [1.165, 1.54) is 0 Å². The normalized spacial score (nSPS) is 9.59. The van der Waals surface area contributed by atoms with Gasteiger partial charge in [-0.3, -0.25) is 4.98 Å². The van der Waals surface area contributed by atoms with Gasteiger partial charge in [0.1, 0.15) is 11.3 Å². The molecule has 5 heteroatoms. The van der Waals surface area contributed by atoms with Crippen LogP contribution in [0.2, 0.25) is 0 Å². The molecule has 0 radical (unpaired) electrons. The molecule has 1 heterocycles. The van der Waals surface area contributed by atoms with Crippen LogP contribution >= 0.6 is 24.8 Å². The minimum Gasteiger partial charge on any atom is -0.506 e. The second-order valence-electron chi connectivity index (χ2n) is 3.83. The maximum Gasteiger partial charge on any atom is 0.141 e. The Bertz CT molecular complexity index is 489. The van der Waals surface area contributed by atoms with E-state index in [-0.39, 0.29) is 30.6 Å². The van der Waals surface area contributed by atoms with Gasteiger partial charge in [0.2, 0.25) is 0 Å². The lowest BCUT2D eigenvalue weighted by atomic mass is 10.1. The Morgan fingerprint density at radius 3 is 2.53 bits per heavy atom. The van der Waals surface area contributed by atoms with Crippen LogP contribution in [0.5, 0.6) is 5.75 Å². The van der Waals surface area contributed by atoms with Crippen molar-refractivity contribution in [1.82, 2.24) is 4.98 Å². The number of nitrogens with zero attached hydrogens (tertiary/aromatic N) is 1. The molecule has 0 amide bonds. The van der Waals surface area contributed by atoms with Gasteiger partial charge in [-0.15, -0.1) is 24.8 Å². The van der Waals surface area contributed by atoms with Gasteiger partial charge in [-0.2, -0.15) is 0 Å². The molecule has 3 nitrogen and oxygen atoms in total. The summed E-state index contributed by atoms with van der Waals surface area (Å²) in [5, 5.41) is 13.9. The molecule has 0 saturated carbocycles. The molecule has 1 aromatic heterocycles. The second-order valence-corrected chi connectivity index (χ2v) is 3.83. The molecule has 0 spiro atoms. The van der Waals surface area contributed by atoms with Crippen LogP contribution in [0.15, 0.2) is 30.5 Å². The molecular weight excluding hydrogens is 259 g/mol. The zero-order valence-electron chi connectivity index (χ0n) is 9.68. The number of hydrogen-bond acceptors (Lipinski definition) is 3. The van der Waals surface area contributed by atoms with Crippen molar-refractivity contribution < 1.29 is 5.11 Å². The van der Waals surface area contributed by atoms with E-state index < -0.39 is 0 Å².